The number of rotatable bonds is 4. The number of carbonyl (C=O) groups is 2. The van der Waals surface area contributed by atoms with Crippen LogP contribution >= 0.6 is 23.2 Å². The maximum atomic E-state index is 11.8. The van der Waals surface area contributed by atoms with E-state index in [1.807, 2.05) is 0 Å². The van der Waals surface area contributed by atoms with E-state index in [2.05, 4.69) is 11.2 Å². The first kappa shape index (κ1) is 15.2. The molecule has 1 aromatic carbocycles. The number of benzene rings is 1. The molecule has 0 aliphatic heterocycles. The van der Waals surface area contributed by atoms with Gasteiger partial charge in [-0.25, -0.2) is 4.79 Å². The van der Waals surface area contributed by atoms with Crippen LogP contribution in [0.15, 0.2) is 12.1 Å². The number of carboxylic acid groups (broad SMARTS) is 1. The Kier molecular flexibility index (Phi) is 5.04. The molecule has 0 spiro atoms. The number of hydrogen-bond acceptors (Lipinski definition) is 3. The minimum atomic E-state index is -1.22. The topological polar surface area (TPSA) is 92.4 Å². The van der Waals surface area contributed by atoms with Gasteiger partial charge in [-0.15, -0.1) is 12.3 Å². The number of carboxylic acids is 1. The molecule has 0 aliphatic rings. The van der Waals surface area contributed by atoms with Gasteiger partial charge < -0.3 is 16.2 Å². The molecule has 1 amide bonds. The third-order valence-electron chi connectivity index (χ3n) is 2.27. The summed E-state index contributed by atoms with van der Waals surface area (Å²) in [5.74, 6) is 0.300. The Hall–Kier alpha value is -1.90. The third-order valence-corrected chi connectivity index (χ3v) is 2.89. The number of terminal acetylenes is 1. The fourth-order valence-corrected chi connectivity index (χ4v) is 1.76. The number of carbonyl (C=O) groups excluding carboxylic acids is 1. The molecule has 0 radical (unpaired) electrons. The molecule has 0 saturated heterocycles. The zero-order chi connectivity index (χ0) is 14.6. The third kappa shape index (κ3) is 3.78. The molecule has 0 saturated carbocycles. The van der Waals surface area contributed by atoms with Crippen molar-refractivity contribution in [2.45, 2.75) is 12.5 Å². The minimum absolute atomic E-state index is 0.104. The van der Waals surface area contributed by atoms with Crippen molar-refractivity contribution in [1.82, 2.24) is 5.32 Å². The number of anilines is 1. The van der Waals surface area contributed by atoms with Gasteiger partial charge >= 0.3 is 5.97 Å². The number of nitrogens with one attached hydrogen (secondary N) is 1. The number of nitrogen functional groups attached to an aromatic ring is 1. The molecule has 19 heavy (non-hydrogen) atoms. The molecular weight excluding hydrogens is 291 g/mol. The van der Waals surface area contributed by atoms with Crippen LogP contribution in [-0.4, -0.2) is 23.0 Å². The Morgan fingerprint density at radius 3 is 2.37 bits per heavy atom. The van der Waals surface area contributed by atoms with Gasteiger partial charge in [-0.05, 0) is 12.1 Å². The molecule has 5 nitrogen and oxygen atoms in total. The van der Waals surface area contributed by atoms with Gasteiger partial charge in [0.15, 0.2) is 0 Å². The average Bonchev–Trinajstić information content (AvgIpc) is 2.34. The van der Waals surface area contributed by atoms with Crippen molar-refractivity contribution in [3.8, 4) is 12.3 Å². The fourth-order valence-electron chi connectivity index (χ4n) is 1.27. The summed E-state index contributed by atoms with van der Waals surface area (Å²) in [5.41, 5.74) is 5.79. The van der Waals surface area contributed by atoms with Crippen molar-refractivity contribution in [3.05, 3.63) is 27.7 Å². The molecule has 100 valence electrons. The van der Waals surface area contributed by atoms with Crippen LogP contribution in [0.3, 0.4) is 0 Å². The lowest BCUT2D eigenvalue weighted by Crippen LogP contribution is -2.40. The Balaban J connectivity index is 2.95. The zero-order valence-corrected chi connectivity index (χ0v) is 11.1. The van der Waals surface area contributed by atoms with E-state index in [0.717, 1.165) is 0 Å². The van der Waals surface area contributed by atoms with E-state index in [9.17, 15) is 9.59 Å². The van der Waals surface area contributed by atoms with E-state index in [-0.39, 0.29) is 27.7 Å². The van der Waals surface area contributed by atoms with E-state index in [0.29, 0.717) is 0 Å². The highest BCUT2D eigenvalue weighted by Gasteiger charge is 2.20. The van der Waals surface area contributed by atoms with Crippen molar-refractivity contribution in [2.24, 2.45) is 0 Å². The molecular formula is C12H10Cl2N2O3. The highest BCUT2D eigenvalue weighted by molar-refractivity contribution is 6.39. The Labute approximate surface area is 119 Å². The maximum absolute atomic E-state index is 11.8. The molecule has 0 aromatic heterocycles. The van der Waals surface area contributed by atoms with E-state index in [4.69, 9.17) is 40.5 Å². The minimum Gasteiger partial charge on any atom is -0.480 e. The standard InChI is InChI=1S/C12H10Cl2N2O3/c1-2-3-9(12(18)19)16-11(17)6-4-7(13)10(15)8(14)5-6/h1,4-5,9H,3,15H2,(H,16,17)(H,18,19). The SMILES string of the molecule is C#CCC(NC(=O)c1cc(Cl)c(N)c(Cl)c1)C(=O)O. The Morgan fingerprint density at radius 1 is 1.42 bits per heavy atom. The van der Waals surface area contributed by atoms with Gasteiger partial charge in [0.25, 0.3) is 5.91 Å². The molecule has 7 heteroatoms. The summed E-state index contributed by atoms with van der Waals surface area (Å²) in [6.07, 6.45) is 4.90. The number of hydrogen-bond donors (Lipinski definition) is 3. The number of nitrogens with two attached hydrogens (primary N) is 1. The summed E-state index contributed by atoms with van der Waals surface area (Å²) in [5, 5.41) is 11.4. The molecule has 0 bridgehead atoms. The van der Waals surface area contributed by atoms with Gasteiger partial charge in [0.1, 0.15) is 6.04 Å². The van der Waals surface area contributed by atoms with Crippen molar-refractivity contribution >= 4 is 40.8 Å². The van der Waals surface area contributed by atoms with Crippen molar-refractivity contribution in [3.63, 3.8) is 0 Å². The summed E-state index contributed by atoms with van der Waals surface area (Å²) in [6.45, 7) is 0. The van der Waals surface area contributed by atoms with Gasteiger partial charge in [-0.3, -0.25) is 4.79 Å². The maximum Gasteiger partial charge on any atom is 0.327 e. The Morgan fingerprint density at radius 2 is 1.95 bits per heavy atom. The van der Waals surface area contributed by atoms with E-state index in [1.165, 1.54) is 12.1 Å². The fraction of sp³-hybridized carbons (Fsp3) is 0.167. The van der Waals surface area contributed by atoms with Gasteiger partial charge in [0.2, 0.25) is 0 Å². The van der Waals surface area contributed by atoms with E-state index < -0.39 is 17.9 Å². The predicted octanol–water partition coefficient (Wildman–Crippen LogP) is 1.78. The van der Waals surface area contributed by atoms with Gasteiger partial charge in [0, 0.05) is 12.0 Å². The zero-order valence-electron chi connectivity index (χ0n) is 9.61. The highest BCUT2D eigenvalue weighted by Crippen LogP contribution is 2.28. The normalized spacial score (nSPS) is 11.4. The second-order valence-corrected chi connectivity index (χ2v) is 4.44. The van der Waals surface area contributed by atoms with Gasteiger partial charge in [-0.2, -0.15) is 0 Å². The Bertz CT molecular complexity index is 544. The number of halogens is 2. The first-order valence-electron chi connectivity index (χ1n) is 5.08. The first-order valence-corrected chi connectivity index (χ1v) is 5.84. The average molecular weight is 301 g/mol. The molecule has 0 heterocycles. The quantitative estimate of drug-likeness (QED) is 0.584. The second kappa shape index (κ2) is 6.32. The van der Waals surface area contributed by atoms with E-state index >= 15 is 0 Å². The molecule has 0 fully saturated rings. The molecule has 0 aliphatic carbocycles. The van der Waals surface area contributed by atoms with Crippen LogP contribution in [-0.2, 0) is 4.79 Å². The second-order valence-electron chi connectivity index (χ2n) is 3.63. The lowest BCUT2D eigenvalue weighted by atomic mass is 10.1. The largest absolute Gasteiger partial charge is 0.480 e. The summed E-state index contributed by atoms with van der Waals surface area (Å²) in [6, 6.07) is 1.42. The lowest BCUT2D eigenvalue weighted by Gasteiger charge is -2.12. The van der Waals surface area contributed by atoms with Crippen molar-refractivity contribution in [1.29, 1.82) is 0 Å². The van der Waals surface area contributed by atoms with E-state index in [1.54, 1.807) is 0 Å². The lowest BCUT2D eigenvalue weighted by molar-refractivity contribution is -0.139. The van der Waals surface area contributed by atoms with Crippen LogP contribution < -0.4 is 11.1 Å². The number of aliphatic carboxylic acids is 1. The van der Waals surface area contributed by atoms with Crippen LogP contribution in [0.2, 0.25) is 10.0 Å². The van der Waals surface area contributed by atoms with Crippen LogP contribution in [0.25, 0.3) is 0 Å². The van der Waals surface area contributed by atoms with Crippen LogP contribution in [0.4, 0.5) is 5.69 Å². The van der Waals surface area contributed by atoms with Crippen molar-refractivity contribution in [2.75, 3.05) is 5.73 Å². The van der Waals surface area contributed by atoms with Gasteiger partial charge in [-0.1, -0.05) is 23.2 Å². The monoisotopic (exact) mass is 300 g/mol. The molecule has 4 N–H and O–H groups in total. The summed E-state index contributed by atoms with van der Waals surface area (Å²) in [7, 11) is 0. The summed E-state index contributed by atoms with van der Waals surface area (Å²) >= 11 is 11.6. The van der Waals surface area contributed by atoms with Crippen LogP contribution in [0, 0.1) is 12.3 Å². The van der Waals surface area contributed by atoms with Crippen LogP contribution in [0.5, 0.6) is 0 Å². The van der Waals surface area contributed by atoms with Crippen molar-refractivity contribution < 1.29 is 14.7 Å². The predicted molar refractivity (Wildman–Crippen MR) is 73.2 cm³/mol. The van der Waals surface area contributed by atoms with Gasteiger partial charge in [0.05, 0.1) is 15.7 Å². The number of amides is 1. The highest BCUT2D eigenvalue weighted by atomic mass is 35.5. The first-order chi connectivity index (χ1) is 8.86. The smallest absolute Gasteiger partial charge is 0.327 e. The summed E-state index contributed by atoms with van der Waals surface area (Å²) in [4.78, 5) is 22.7. The molecule has 1 atom stereocenters. The molecule has 1 rings (SSSR count). The van der Waals surface area contributed by atoms with Crippen LogP contribution in [0.1, 0.15) is 16.8 Å². The molecule has 1 aromatic rings. The molecule has 1 unspecified atom stereocenters. The summed E-state index contributed by atoms with van der Waals surface area (Å²) < 4.78 is 0.